The molecular weight excluding hydrogens is 293 g/mol. The van der Waals surface area contributed by atoms with E-state index in [9.17, 15) is 12.8 Å². The zero-order valence-corrected chi connectivity index (χ0v) is 12.6. The Morgan fingerprint density at radius 3 is 2.52 bits per heavy atom. The van der Waals surface area contributed by atoms with Gasteiger partial charge in [0.25, 0.3) is 10.0 Å². The molecular formula is C14H16FN3O2S. The zero-order valence-electron chi connectivity index (χ0n) is 11.7. The van der Waals surface area contributed by atoms with Gasteiger partial charge in [-0.3, -0.25) is 4.31 Å². The minimum Gasteiger partial charge on any atom is -0.316 e. The van der Waals surface area contributed by atoms with Gasteiger partial charge in [0.15, 0.2) is 5.03 Å². The minimum absolute atomic E-state index is 0.0152. The highest BCUT2D eigenvalue weighted by atomic mass is 32.2. The number of halogens is 1. The number of nitrogens with zero attached hydrogens (tertiary/aromatic N) is 2. The summed E-state index contributed by atoms with van der Waals surface area (Å²) in [6.07, 6.45) is 1.48. The quantitative estimate of drug-likeness (QED) is 0.914. The van der Waals surface area contributed by atoms with Crippen LogP contribution in [0, 0.1) is 5.82 Å². The van der Waals surface area contributed by atoms with E-state index in [2.05, 4.69) is 10.3 Å². The van der Waals surface area contributed by atoms with Crippen molar-refractivity contribution in [2.75, 3.05) is 18.4 Å². The second-order valence-corrected chi connectivity index (χ2v) is 6.38. The van der Waals surface area contributed by atoms with Gasteiger partial charge in [-0.25, -0.2) is 9.37 Å². The number of hydrogen-bond acceptors (Lipinski definition) is 4. The molecule has 0 radical (unpaired) electrons. The Morgan fingerprint density at radius 2 is 1.95 bits per heavy atom. The number of hydrogen-bond donors (Lipinski definition) is 1. The summed E-state index contributed by atoms with van der Waals surface area (Å²) in [7, 11) is -0.794. The molecule has 0 unspecified atom stereocenters. The first-order chi connectivity index (χ1) is 9.96. The van der Waals surface area contributed by atoms with Crippen LogP contribution in [0.15, 0.2) is 47.6 Å². The molecule has 112 valence electrons. The van der Waals surface area contributed by atoms with Gasteiger partial charge in [-0.2, -0.15) is 8.42 Å². The molecule has 0 spiro atoms. The van der Waals surface area contributed by atoms with Crippen LogP contribution in [0.4, 0.5) is 10.1 Å². The van der Waals surface area contributed by atoms with Crippen LogP contribution in [0.3, 0.4) is 0 Å². The molecule has 7 heteroatoms. The van der Waals surface area contributed by atoms with E-state index in [1.807, 2.05) is 0 Å². The average Bonchev–Trinajstić information content (AvgIpc) is 2.48. The number of benzene rings is 1. The van der Waals surface area contributed by atoms with Crippen LogP contribution in [0.1, 0.15) is 5.56 Å². The normalized spacial score (nSPS) is 11.4. The number of para-hydroxylation sites is 1. The maximum absolute atomic E-state index is 13.7. The monoisotopic (exact) mass is 309 g/mol. The highest BCUT2D eigenvalue weighted by molar-refractivity contribution is 7.92. The lowest BCUT2D eigenvalue weighted by molar-refractivity contribution is 0.586. The lowest BCUT2D eigenvalue weighted by Crippen LogP contribution is -2.28. The van der Waals surface area contributed by atoms with Gasteiger partial charge >= 0.3 is 0 Å². The summed E-state index contributed by atoms with van der Waals surface area (Å²) in [4.78, 5) is 3.95. The number of pyridine rings is 1. The molecule has 0 aliphatic carbocycles. The van der Waals surface area contributed by atoms with E-state index in [0.29, 0.717) is 6.54 Å². The topological polar surface area (TPSA) is 62.3 Å². The smallest absolute Gasteiger partial charge is 0.281 e. The van der Waals surface area contributed by atoms with Gasteiger partial charge < -0.3 is 5.32 Å². The van der Waals surface area contributed by atoms with Crippen molar-refractivity contribution in [1.29, 1.82) is 0 Å². The van der Waals surface area contributed by atoms with Gasteiger partial charge in [0, 0.05) is 19.8 Å². The van der Waals surface area contributed by atoms with Crippen LogP contribution in [0.25, 0.3) is 0 Å². The van der Waals surface area contributed by atoms with Crippen molar-refractivity contribution < 1.29 is 12.8 Å². The molecule has 0 amide bonds. The van der Waals surface area contributed by atoms with Crippen LogP contribution < -0.4 is 9.62 Å². The second kappa shape index (κ2) is 6.19. The SMILES string of the molecule is CNCc1ccc(S(=O)(=O)N(C)c2ccccc2F)nc1. The van der Waals surface area contributed by atoms with E-state index < -0.39 is 15.8 Å². The van der Waals surface area contributed by atoms with Crippen molar-refractivity contribution in [3.63, 3.8) is 0 Å². The van der Waals surface area contributed by atoms with Gasteiger partial charge in [-0.15, -0.1) is 0 Å². The zero-order chi connectivity index (χ0) is 15.5. The van der Waals surface area contributed by atoms with Gasteiger partial charge in [-0.05, 0) is 30.8 Å². The van der Waals surface area contributed by atoms with E-state index in [0.717, 1.165) is 9.87 Å². The number of rotatable bonds is 5. The molecule has 1 N–H and O–H groups in total. The van der Waals surface area contributed by atoms with E-state index in [1.165, 1.54) is 37.5 Å². The van der Waals surface area contributed by atoms with Crippen LogP contribution in [-0.4, -0.2) is 27.5 Å². The molecule has 2 rings (SSSR count). The van der Waals surface area contributed by atoms with Crippen molar-refractivity contribution in [2.45, 2.75) is 11.6 Å². The highest BCUT2D eigenvalue weighted by Gasteiger charge is 2.24. The second-order valence-electron chi connectivity index (χ2n) is 4.46. The number of anilines is 1. The fourth-order valence-corrected chi connectivity index (χ4v) is 2.96. The number of aromatic nitrogens is 1. The molecule has 1 aromatic carbocycles. The van der Waals surface area contributed by atoms with Gasteiger partial charge in [0.05, 0.1) is 5.69 Å². The first kappa shape index (κ1) is 15.4. The Morgan fingerprint density at radius 1 is 1.24 bits per heavy atom. The Bertz CT molecular complexity index is 717. The summed E-state index contributed by atoms with van der Waals surface area (Å²) < 4.78 is 39.5. The lowest BCUT2D eigenvalue weighted by atomic mass is 10.3. The maximum Gasteiger partial charge on any atom is 0.281 e. The number of sulfonamides is 1. The molecule has 0 bridgehead atoms. The standard InChI is InChI=1S/C14H16FN3O2S/c1-16-9-11-7-8-14(17-10-11)21(19,20)18(2)13-6-4-3-5-12(13)15/h3-8,10,16H,9H2,1-2H3. The Hall–Kier alpha value is -1.99. The van der Waals surface area contributed by atoms with Crippen LogP contribution in [-0.2, 0) is 16.6 Å². The Balaban J connectivity index is 2.35. The highest BCUT2D eigenvalue weighted by Crippen LogP contribution is 2.23. The first-order valence-electron chi connectivity index (χ1n) is 6.30. The largest absolute Gasteiger partial charge is 0.316 e. The summed E-state index contributed by atoms with van der Waals surface area (Å²) in [5, 5.41) is 2.83. The van der Waals surface area contributed by atoms with Crippen molar-refractivity contribution in [1.82, 2.24) is 10.3 Å². The van der Waals surface area contributed by atoms with Gasteiger partial charge in [0.1, 0.15) is 5.82 Å². The maximum atomic E-state index is 13.7. The molecule has 1 aromatic heterocycles. The molecule has 2 aromatic rings. The molecule has 0 aliphatic heterocycles. The predicted octanol–water partition coefficient (Wildman–Crippen LogP) is 1.77. The van der Waals surface area contributed by atoms with E-state index in [1.54, 1.807) is 19.2 Å². The molecule has 21 heavy (non-hydrogen) atoms. The van der Waals surface area contributed by atoms with E-state index >= 15 is 0 Å². The summed E-state index contributed by atoms with van der Waals surface area (Å²) in [6.45, 7) is 0.594. The molecule has 0 fully saturated rings. The molecule has 0 saturated carbocycles. The lowest BCUT2D eigenvalue weighted by Gasteiger charge is -2.19. The summed E-state index contributed by atoms with van der Waals surface area (Å²) in [6, 6.07) is 8.79. The van der Waals surface area contributed by atoms with Crippen LogP contribution in [0.2, 0.25) is 0 Å². The van der Waals surface area contributed by atoms with Crippen molar-refractivity contribution in [2.24, 2.45) is 0 Å². The van der Waals surface area contributed by atoms with Crippen molar-refractivity contribution >= 4 is 15.7 Å². The molecule has 0 saturated heterocycles. The fourth-order valence-electron chi connectivity index (χ4n) is 1.85. The first-order valence-corrected chi connectivity index (χ1v) is 7.74. The third kappa shape index (κ3) is 3.20. The summed E-state index contributed by atoms with van der Waals surface area (Å²) >= 11 is 0. The Kier molecular flexibility index (Phi) is 4.54. The summed E-state index contributed by atoms with van der Waals surface area (Å²) in [5.41, 5.74) is 0.851. The van der Waals surface area contributed by atoms with Crippen LogP contribution >= 0.6 is 0 Å². The Labute approximate surface area is 123 Å². The molecule has 0 aliphatic rings. The predicted molar refractivity (Wildman–Crippen MR) is 79.0 cm³/mol. The van der Waals surface area contributed by atoms with E-state index in [4.69, 9.17) is 0 Å². The van der Waals surface area contributed by atoms with Crippen molar-refractivity contribution in [3.8, 4) is 0 Å². The average molecular weight is 309 g/mol. The third-order valence-corrected chi connectivity index (χ3v) is 4.68. The van der Waals surface area contributed by atoms with Crippen molar-refractivity contribution in [3.05, 3.63) is 54.0 Å². The van der Waals surface area contributed by atoms with Gasteiger partial charge in [0.2, 0.25) is 0 Å². The summed E-state index contributed by atoms with van der Waals surface area (Å²) in [5.74, 6) is -0.602. The molecule has 0 atom stereocenters. The minimum atomic E-state index is -3.88. The van der Waals surface area contributed by atoms with E-state index in [-0.39, 0.29) is 10.7 Å². The molecule has 5 nitrogen and oxygen atoms in total. The van der Waals surface area contributed by atoms with Gasteiger partial charge in [-0.1, -0.05) is 18.2 Å². The molecule has 1 heterocycles. The fraction of sp³-hybridized carbons (Fsp3) is 0.214. The third-order valence-electron chi connectivity index (χ3n) is 3.00. The van der Waals surface area contributed by atoms with Crippen LogP contribution in [0.5, 0.6) is 0 Å². The number of nitrogens with one attached hydrogen (secondary N) is 1.